The van der Waals surface area contributed by atoms with Gasteiger partial charge in [0.1, 0.15) is 0 Å². The van der Waals surface area contributed by atoms with E-state index in [1.807, 2.05) is 6.92 Å². The van der Waals surface area contributed by atoms with Gasteiger partial charge in [-0.2, -0.15) is 26.3 Å². The van der Waals surface area contributed by atoms with E-state index in [-0.39, 0.29) is 22.7 Å². The molecule has 0 radical (unpaired) electrons. The van der Waals surface area contributed by atoms with Crippen molar-refractivity contribution >= 4 is 0 Å². The second-order valence-corrected chi connectivity index (χ2v) is 8.92. The van der Waals surface area contributed by atoms with E-state index in [0.29, 0.717) is 12.3 Å². The van der Waals surface area contributed by atoms with Crippen molar-refractivity contribution in [1.82, 2.24) is 0 Å². The molecule has 0 heterocycles. The van der Waals surface area contributed by atoms with Gasteiger partial charge in [0.05, 0.1) is 0 Å². The summed E-state index contributed by atoms with van der Waals surface area (Å²) in [5.74, 6) is 0.141. The predicted molar refractivity (Wildman–Crippen MR) is 69.2 cm³/mol. The summed E-state index contributed by atoms with van der Waals surface area (Å²) in [6, 6.07) is 0. The van der Waals surface area contributed by atoms with E-state index in [1.54, 1.807) is 0 Å². The quantitative estimate of drug-likeness (QED) is 0.730. The van der Waals surface area contributed by atoms with E-state index < -0.39 is 35.7 Å². The number of aliphatic hydroxyl groups is 1. The molecule has 0 aromatic rings. The minimum Gasteiger partial charge on any atom is -0.374 e. The number of fused-ring (bicyclic) bond motifs is 1. The van der Waals surface area contributed by atoms with E-state index in [4.69, 9.17) is 0 Å². The van der Waals surface area contributed by atoms with Crippen LogP contribution in [0, 0.1) is 39.9 Å². The van der Waals surface area contributed by atoms with Crippen LogP contribution in [-0.2, 0) is 0 Å². The summed E-state index contributed by atoms with van der Waals surface area (Å²) in [6.45, 7) is 6.10. The Morgan fingerprint density at radius 3 is 2.00 bits per heavy atom. The summed E-state index contributed by atoms with van der Waals surface area (Å²) in [5.41, 5.74) is -5.07. The van der Waals surface area contributed by atoms with Gasteiger partial charge in [0.2, 0.25) is 0 Å². The number of alkyl halides is 6. The smallest absolute Gasteiger partial charge is 0.374 e. The first-order valence-corrected chi connectivity index (χ1v) is 8.03. The number of hydrogen-bond donors (Lipinski definition) is 1. The Balaban J connectivity index is 1.67. The summed E-state index contributed by atoms with van der Waals surface area (Å²) in [7, 11) is 0. The third-order valence-corrected chi connectivity index (χ3v) is 8.30. The maximum absolute atomic E-state index is 13.0. The molecule has 132 valence electrons. The van der Waals surface area contributed by atoms with E-state index in [1.165, 1.54) is 0 Å². The van der Waals surface area contributed by atoms with Crippen molar-refractivity contribution in [3.63, 3.8) is 0 Å². The molecule has 4 aliphatic rings. The van der Waals surface area contributed by atoms with Crippen LogP contribution in [-0.4, -0.2) is 23.1 Å². The van der Waals surface area contributed by atoms with Gasteiger partial charge in [-0.05, 0) is 59.2 Å². The fourth-order valence-electron chi connectivity index (χ4n) is 7.13. The summed E-state index contributed by atoms with van der Waals surface area (Å²) in [5, 5.41) is 9.57. The van der Waals surface area contributed by atoms with Crippen molar-refractivity contribution in [1.29, 1.82) is 0 Å². The summed E-state index contributed by atoms with van der Waals surface area (Å²) < 4.78 is 78.1. The standard InChI is InChI=1S/C16H20F6O/c1-7-9-10-11(2,3)12(10)4-8(13(7,9)6-12)5-14(23,15(17,18)19)16(20,21)22/h7-10,23H,4-6H2,1-3H3. The Kier molecular flexibility index (Phi) is 2.48. The second-order valence-electron chi connectivity index (χ2n) is 8.92. The van der Waals surface area contributed by atoms with Crippen LogP contribution in [0.2, 0.25) is 0 Å². The first-order valence-electron chi connectivity index (χ1n) is 8.03. The molecule has 2 spiro atoms. The van der Waals surface area contributed by atoms with E-state index >= 15 is 0 Å². The van der Waals surface area contributed by atoms with Gasteiger partial charge in [-0.15, -0.1) is 0 Å². The monoisotopic (exact) mass is 342 g/mol. The molecule has 0 aromatic carbocycles. The maximum Gasteiger partial charge on any atom is 0.426 e. The fraction of sp³-hybridized carbons (Fsp3) is 1.00. The van der Waals surface area contributed by atoms with Gasteiger partial charge >= 0.3 is 12.4 Å². The number of halogens is 6. The van der Waals surface area contributed by atoms with Gasteiger partial charge in [-0.1, -0.05) is 20.8 Å². The molecule has 4 rings (SSSR count). The van der Waals surface area contributed by atoms with E-state index in [0.717, 1.165) is 6.42 Å². The molecule has 4 saturated carbocycles. The fourth-order valence-corrected chi connectivity index (χ4v) is 7.13. The van der Waals surface area contributed by atoms with E-state index in [2.05, 4.69) is 13.8 Å². The first-order chi connectivity index (χ1) is 10.2. The zero-order valence-corrected chi connectivity index (χ0v) is 13.1. The van der Waals surface area contributed by atoms with Crippen LogP contribution in [0.5, 0.6) is 0 Å². The van der Waals surface area contributed by atoms with Crippen molar-refractivity contribution in [2.75, 3.05) is 0 Å². The van der Waals surface area contributed by atoms with Crippen LogP contribution in [0.3, 0.4) is 0 Å². The molecule has 6 unspecified atom stereocenters. The average Bonchev–Trinajstić information content (AvgIpc) is 2.94. The zero-order valence-electron chi connectivity index (χ0n) is 13.1. The van der Waals surface area contributed by atoms with Crippen LogP contribution in [0.1, 0.15) is 40.0 Å². The predicted octanol–water partition coefficient (Wildman–Crippen LogP) is 4.55. The molecule has 4 aliphatic carbocycles. The molecule has 1 nitrogen and oxygen atoms in total. The lowest BCUT2D eigenvalue weighted by atomic mass is 9.78. The van der Waals surface area contributed by atoms with Crippen molar-refractivity contribution in [3.8, 4) is 0 Å². The van der Waals surface area contributed by atoms with Gasteiger partial charge in [-0.3, -0.25) is 0 Å². The Morgan fingerprint density at radius 2 is 1.57 bits per heavy atom. The lowest BCUT2D eigenvalue weighted by molar-refractivity contribution is -0.373. The number of rotatable bonds is 2. The largest absolute Gasteiger partial charge is 0.426 e. The van der Waals surface area contributed by atoms with Crippen LogP contribution in [0.15, 0.2) is 0 Å². The molecule has 23 heavy (non-hydrogen) atoms. The highest BCUT2D eigenvalue weighted by Gasteiger charge is 2.94. The normalized spacial score (nSPS) is 49.8. The Morgan fingerprint density at radius 1 is 1.04 bits per heavy atom. The van der Waals surface area contributed by atoms with Gasteiger partial charge in [0.25, 0.3) is 5.60 Å². The van der Waals surface area contributed by atoms with Crippen molar-refractivity contribution in [2.45, 2.75) is 58.0 Å². The van der Waals surface area contributed by atoms with Crippen LogP contribution < -0.4 is 0 Å². The molecular weight excluding hydrogens is 322 g/mol. The maximum atomic E-state index is 13.0. The minimum atomic E-state index is -5.70. The Hall–Kier alpha value is -0.460. The van der Waals surface area contributed by atoms with Crippen LogP contribution >= 0.6 is 0 Å². The first kappa shape index (κ1) is 16.0. The third-order valence-electron chi connectivity index (χ3n) is 8.30. The van der Waals surface area contributed by atoms with E-state index in [9.17, 15) is 31.4 Å². The third kappa shape index (κ3) is 1.40. The van der Waals surface area contributed by atoms with Gasteiger partial charge in [0.15, 0.2) is 0 Å². The molecule has 0 aromatic heterocycles. The Labute approximate surface area is 130 Å². The SMILES string of the molecule is CC1C2C3C(C)(C)C34CC(CC(O)(C(F)(F)F)C(F)(F)F)C12C4. The summed E-state index contributed by atoms with van der Waals surface area (Å²) in [6.07, 6.45) is -11.5. The molecular formula is C16H20F6O. The molecule has 4 fully saturated rings. The lowest BCUT2D eigenvalue weighted by Crippen LogP contribution is -2.58. The Bertz CT molecular complexity index is 564. The highest BCUT2D eigenvalue weighted by Crippen LogP contribution is 2.99. The minimum absolute atomic E-state index is 0.00918. The van der Waals surface area contributed by atoms with Gasteiger partial charge in [-0.25, -0.2) is 0 Å². The molecule has 0 amide bonds. The summed E-state index contributed by atoms with van der Waals surface area (Å²) >= 11 is 0. The van der Waals surface area contributed by atoms with Crippen molar-refractivity contribution in [3.05, 3.63) is 0 Å². The van der Waals surface area contributed by atoms with Gasteiger partial charge < -0.3 is 5.11 Å². The highest BCUT2D eigenvalue weighted by molar-refractivity contribution is 5.41. The lowest BCUT2D eigenvalue weighted by Gasteiger charge is -2.36. The topological polar surface area (TPSA) is 20.2 Å². The molecule has 0 saturated heterocycles. The molecule has 0 aliphatic heterocycles. The summed E-state index contributed by atoms with van der Waals surface area (Å²) in [4.78, 5) is 0. The van der Waals surface area contributed by atoms with Crippen molar-refractivity contribution < 1.29 is 31.4 Å². The molecule has 1 N–H and O–H groups in total. The average molecular weight is 342 g/mol. The van der Waals surface area contributed by atoms with Crippen LogP contribution in [0.25, 0.3) is 0 Å². The second kappa shape index (κ2) is 3.56. The molecule has 2 bridgehead atoms. The molecule has 6 atom stereocenters. The molecule has 7 heteroatoms. The van der Waals surface area contributed by atoms with Crippen LogP contribution in [0.4, 0.5) is 26.3 Å². The van der Waals surface area contributed by atoms with Gasteiger partial charge in [0, 0.05) is 0 Å². The highest BCUT2D eigenvalue weighted by atomic mass is 19.4. The zero-order chi connectivity index (χ0) is 17.4. The van der Waals surface area contributed by atoms with Crippen molar-refractivity contribution in [2.24, 2.45) is 39.9 Å². The number of hydrogen-bond acceptors (Lipinski definition) is 1.